The minimum absolute atomic E-state index is 0.223. The van der Waals surface area contributed by atoms with E-state index in [1.54, 1.807) is 0 Å². The summed E-state index contributed by atoms with van der Waals surface area (Å²) in [6.07, 6.45) is 8.36. The van der Waals surface area contributed by atoms with Gasteiger partial charge in [0.15, 0.2) is 0 Å². The third-order valence-electron chi connectivity index (χ3n) is 6.63. The molecule has 5 nitrogen and oxygen atoms in total. The van der Waals surface area contributed by atoms with Crippen molar-refractivity contribution in [1.82, 2.24) is 14.9 Å². The molecule has 2 aliphatic rings. The topological polar surface area (TPSA) is 61.0 Å². The van der Waals surface area contributed by atoms with Gasteiger partial charge in [0, 0.05) is 28.9 Å². The van der Waals surface area contributed by atoms with Crippen LogP contribution < -0.4 is 5.32 Å². The summed E-state index contributed by atoms with van der Waals surface area (Å²) >= 11 is 0. The van der Waals surface area contributed by atoms with E-state index in [1.165, 1.54) is 5.57 Å². The molecule has 2 unspecified atom stereocenters. The highest BCUT2D eigenvalue weighted by atomic mass is 16.1. The van der Waals surface area contributed by atoms with Gasteiger partial charge in [-0.25, -0.2) is 4.98 Å². The monoisotopic (exact) mass is 400 g/mol. The van der Waals surface area contributed by atoms with Gasteiger partial charge in [0.25, 0.3) is 0 Å². The Bertz CT molecular complexity index is 1110. The minimum atomic E-state index is 0.223. The molecule has 2 N–H and O–H groups in total. The second-order valence-electron chi connectivity index (χ2n) is 9.05. The third-order valence-corrected chi connectivity index (χ3v) is 6.63. The van der Waals surface area contributed by atoms with Crippen molar-refractivity contribution in [3.05, 3.63) is 60.4 Å². The number of hydrogen-bond donors (Lipinski definition) is 2. The first-order valence-electron chi connectivity index (χ1n) is 10.7. The number of nitrogens with one attached hydrogen (secondary N) is 2. The van der Waals surface area contributed by atoms with Gasteiger partial charge >= 0.3 is 0 Å². The molecule has 0 aliphatic heterocycles. The van der Waals surface area contributed by atoms with Crippen LogP contribution in [-0.2, 0) is 4.79 Å². The first kappa shape index (κ1) is 19.1. The molecule has 2 atom stereocenters. The van der Waals surface area contributed by atoms with Gasteiger partial charge < -0.3 is 15.2 Å². The summed E-state index contributed by atoms with van der Waals surface area (Å²) in [7, 11) is 3.94. The van der Waals surface area contributed by atoms with Crippen molar-refractivity contribution in [3.63, 3.8) is 0 Å². The van der Waals surface area contributed by atoms with E-state index in [-0.39, 0.29) is 11.3 Å². The number of aromatic nitrogens is 2. The van der Waals surface area contributed by atoms with Crippen LogP contribution in [0.3, 0.4) is 0 Å². The highest BCUT2D eigenvalue weighted by Gasteiger charge is 2.56. The zero-order valence-corrected chi connectivity index (χ0v) is 17.6. The molecule has 1 fully saturated rings. The number of hydrogen-bond acceptors (Lipinski definition) is 4. The van der Waals surface area contributed by atoms with Crippen LogP contribution in [0.4, 0.5) is 11.4 Å². The maximum absolute atomic E-state index is 12.5. The molecule has 0 saturated heterocycles. The highest BCUT2D eigenvalue weighted by Crippen LogP contribution is 2.61. The molecule has 30 heavy (non-hydrogen) atoms. The number of pyridine rings is 1. The molecule has 2 heterocycles. The Kier molecular flexibility index (Phi) is 4.70. The number of aromatic amines is 1. The molecular formula is C25H28N4O. The number of ketones is 1. The van der Waals surface area contributed by atoms with Crippen molar-refractivity contribution in [2.75, 3.05) is 26.0 Å². The van der Waals surface area contributed by atoms with E-state index in [0.717, 1.165) is 53.8 Å². The molecule has 2 aromatic heterocycles. The smallest absolute Gasteiger partial charge is 0.150 e. The summed E-state index contributed by atoms with van der Waals surface area (Å²) in [5, 5.41) is 4.60. The average Bonchev–Trinajstić information content (AvgIpc) is 3.25. The van der Waals surface area contributed by atoms with E-state index < -0.39 is 0 Å². The lowest BCUT2D eigenvalue weighted by atomic mass is 9.83. The summed E-state index contributed by atoms with van der Waals surface area (Å²) in [6.45, 7) is 0.563. The number of para-hydroxylation sites is 1. The highest BCUT2D eigenvalue weighted by molar-refractivity contribution is 5.94. The van der Waals surface area contributed by atoms with Crippen LogP contribution in [0.25, 0.3) is 16.6 Å². The molecule has 0 amide bonds. The molecule has 154 valence electrons. The van der Waals surface area contributed by atoms with Crippen molar-refractivity contribution < 1.29 is 4.79 Å². The summed E-state index contributed by atoms with van der Waals surface area (Å²) in [5.74, 6) is 0.659. The van der Waals surface area contributed by atoms with Gasteiger partial charge in [-0.05, 0) is 75.0 Å². The third kappa shape index (κ3) is 3.54. The standard InChI is InChI=1S/C25H28N4O/c1-29(2)16-23(30)20-15-25(20)11-8-17(9-12-25)22-14-19-21(10-13-26-24(19)28-22)27-18-6-4-3-5-7-18/h3-8,10,13-14,20H,9,11-12,15-16H2,1-2H3,(H2,26,27,28). The van der Waals surface area contributed by atoms with E-state index in [4.69, 9.17) is 0 Å². The van der Waals surface area contributed by atoms with E-state index in [0.29, 0.717) is 12.3 Å². The normalized spacial score (nSPS) is 23.0. The van der Waals surface area contributed by atoms with Gasteiger partial charge in [0.1, 0.15) is 11.4 Å². The molecule has 3 aromatic rings. The van der Waals surface area contributed by atoms with Gasteiger partial charge in [-0.1, -0.05) is 24.3 Å². The number of carbonyl (C=O) groups is 1. The molecule has 0 bridgehead atoms. The number of carbonyl (C=O) groups excluding carboxylic acids is 1. The van der Waals surface area contributed by atoms with Crippen molar-refractivity contribution in [3.8, 4) is 0 Å². The van der Waals surface area contributed by atoms with Gasteiger partial charge in [0.2, 0.25) is 0 Å². The number of anilines is 2. The quantitative estimate of drug-likeness (QED) is 0.611. The van der Waals surface area contributed by atoms with Crippen LogP contribution >= 0.6 is 0 Å². The number of benzene rings is 1. The number of H-pyrrole nitrogens is 1. The molecule has 1 aromatic carbocycles. The van der Waals surface area contributed by atoms with Gasteiger partial charge in [-0.3, -0.25) is 4.79 Å². The number of rotatable bonds is 6. The largest absolute Gasteiger partial charge is 0.355 e. The zero-order chi connectivity index (χ0) is 20.7. The van der Waals surface area contributed by atoms with Gasteiger partial charge in [0.05, 0.1) is 12.2 Å². The van der Waals surface area contributed by atoms with Crippen molar-refractivity contribution >= 4 is 33.8 Å². The zero-order valence-electron chi connectivity index (χ0n) is 17.6. The van der Waals surface area contributed by atoms with Gasteiger partial charge in [-0.15, -0.1) is 0 Å². The molecular weight excluding hydrogens is 372 g/mol. The summed E-state index contributed by atoms with van der Waals surface area (Å²) in [5.41, 5.74) is 5.73. The average molecular weight is 401 g/mol. The fraction of sp³-hybridized carbons (Fsp3) is 0.360. The Labute approximate surface area is 177 Å². The molecule has 0 radical (unpaired) electrons. The number of allylic oxidation sites excluding steroid dienone is 2. The Balaban J connectivity index is 1.35. The second-order valence-corrected chi connectivity index (χ2v) is 9.05. The molecule has 1 saturated carbocycles. The van der Waals surface area contributed by atoms with Crippen LogP contribution in [0.1, 0.15) is 31.4 Å². The first-order valence-corrected chi connectivity index (χ1v) is 10.7. The van der Waals surface area contributed by atoms with Crippen LogP contribution in [0.2, 0.25) is 0 Å². The Morgan fingerprint density at radius 2 is 2.10 bits per heavy atom. The molecule has 2 aliphatic carbocycles. The van der Waals surface area contributed by atoms with Crippen molar-refractivity contribution in [2.45, 2.75) is 25.7 Å². The van der Waals surface area contributed by atoms with Crippen LogP contribution in [0.5, 0.6) is 0 Å². The van der Waals surface area contributed by atoms with Gasteiger partial charge in [-0.2, -0.15) is 0 Å². The first-order chi connectivity index (χ1) is 14.5. The minimum Gasteiger partial charge on any atom is -0.355 e. The van der Waals surface area contributed by atoms with Crippen LogP contribution in [0, 0.1) is 11.3 Å². The van der Waals surface area contributed by atoms with E-state index in [9.17, 15) is 4.79 Å². The van der Waals surface area contributed by atoms with E-state index in [2.05, 4.69) is 39.6 Å². The number of nitrogens with zero attached hydrogens (tertiary/aromatic N) is 2. The van der Waals surface area contributed by atoms with Crippen LogP contribution in [0.15, 0.2) is 54.7 Å². The number of Topliss-reactive ketones (excluding diaryl/α,β-unsaturated/α-hetero) is 1. The maximum Gasteiger partial charge on any atom is 0.150 e. The number of fused-ring (bicyclic) bond motifs is 1. The fourth-order valence-electron chi connectivity index (χ4n) is 4.87. The Morgan fingerprint density at radius 3 is 2.83 bits per heavy atom. The number of likely N-dealkylation sites (N-methyl/N-ethyl adjacent to an activating group) is 1. The second kappa shape index (κ2) is 7.40. The Morgan fingerprint density at radius 1 is 1.27 bits per heavy atom. The molecule has 5 rings (SSSR count). The lowest BCUT2D eigenvalue weighted by molar-refractivity contribution is -0.121. The molecule has 1 spiro atoms. The molecule has 5 heteroatoms. The predicted octanol–water partition coefficient (Wildman–Crippen LogP) is 5.01. The maximum atomic E-state index is 12.5. The van der Waals surface area contributed by atoms with Crippen molar-refractivity contribution in [2.24, 2.45) is 11.3 Å². The summed E-state index contributed by atoms with van der Waals surface area (Å²) in [4.78, 5) is 22.5. The lowest BCUT2D eigenvalue weighted by Crippen LogP contribution is -2.25. The summed E-state index contributed by atoms with van der Waals surface area (Å²) < 4.78 is 0. The SMILES string of the molecule is CN(C)CC(=O)C1CC12CC=C(c1cc3c(Nc4ccccc4)ccnc3[nH]1)CC2. The van der Waals surface area contributed by atoms with Crippen LogP contribution in [-0.4, -0.2) is 41.3 Å². The summed E-state index contributed by atoms with van der Waals surface area (Å²) in [6, 6.07) is 14.4. The lowest BCUT2D eigenvalue weighted by Gasteiger charge is -2.22. The van der Waals surface area contributed by atoms with Crippen molar-refractivity contribution in [1.29, 1.82) is 0 Å². The fourth-order valence-corrected chi connectivity index (χ4v) is 4.87. The van der Waals surface area contributed by atoms with E-state index >= 15 is 0 Å². The predicted molar refractivity (Wildman–Crippen MR) is 122 cm³/mol. The van der Waals surface area contributed by atoms with E-state index in [1.807, 2.05) is 49.5 Å². The Hall–Kier alpha value is -2.92.